The SMILES string of the molecule is CCn1cc([C@@H]2CN(C(=O)NCc3cccc(C)n3)CCO2)cn1. The Kier molecular flexibility index (Phi) is 5.10. The van der Waals surface area contributed by atoms with Crippen molar-refractivity contribution in [2.24, 2.45) is 0 Å². The number of pyridine rings is 1. The van der Waals surface area contributed by atoms with Gasteiger partial charge in [0, 0.05) is 30.5 Å². The first-order valence-electron chi connectivity index (χ1n) is 8.25. The van der Waals surface area contributed by atoms with Gasteiger partial charge < -0.3 is 15.0 Å². The molecule has 2 aromatic heterocycles. The van der Waals surface area contributed by atoms with Crippen LogP contribution in [0.15, 0.2) is 30.6 Å². The molecule has 2 amide bonds. The highest BCUT2D eigenvalue weighted by atomic mass is 16.5. The lowest BCUT2D eigenvalue weighted by molar-refractivity contribution is -0.0155. The molecule has 1 fully saturated rings. The van der Waals surface area contributed by atoms with Crippen LogP contribution in [-0.4, -0.2) is 45.4 Å². The minimum absolute atomic E-state index is 0.0884. The molecule has 1 atom stereocenters. The van der Waals surface area contributed by atoms with Gasteiger partial charge in [0.1, 0.15) is 6.10 Å². The van der Waals surface area contributed by atoms with Gasteiger partial charge in [0.2, 0.25) is 0 Å². The fourth-order valence-corrected chi connectivity index (χ4v) is 2.73. The Labute approximate surface area is 141 Å². The van der Waals surface area contributed by atoms with E-state index in [0.717, 1.165) is 23.5 Å². The van der Waals surface area contributed by atoms with Crippen molar-refractivity contribution in [1.82, 2.24) is 25.0 Å². The Balaban J connectivity index is 1.56. The maximum atomic E-state index is 12.4. The van der Waals surface area contributed by atoms with E-state index in [0.29, 0.717) is 26.2 Å². The zero-order chi connectivity index (χ0) is 16.9. The molecule has 0 radical (unpaired) electrons. The number of hydrogen-bond donors (Lipinski definition) is 1. The van der Waals surface area contributed by atoms with Crippen molar-refractivity contribution >= 4 is 6.03 Å². The quantitative estimate of drug-likeness (QED) is 0.930. The molecule has 0 unspecified atom stereocenters. The monoisotopic (exact) mass is 329 g/mol. The number of urea groups is 1. The molecule has 7 heteroatoms. The maximum absolute atomic E-state index is 12.4. The van der Waals surface area contributed by atoms with Crippen molar-refractivity contribution < 1.29 is 9.53 Å². The van der Waals surface area contributed by atoms with Crippen LogP contribution >= 0.6 is 0 Å². The topological polar surface area (TPSA) is 72.3 Å². The Morgan fingerprint density at radius 3 is 3.08 bits per heavy atom. The van der Waals surface area contributed by atoms with E-state index in [1.54, 1.807) is 4.90 Å². The number of morpholine rings is 1. The molecule has 1 aliphatic heterocycles. The van der Waals surface area contributed by atoms with Crippen molar-refractivity contribution in [3.63, 3.8) is 0 Å². The Morgan fingerprint density at radius 2 is 2.33 bits per heavy atom. The second-order valence-corrected chi connectivity index (χ2v) is 5.86. The lowest BCUT2D eigenvalue weighted by atomic mass is 10.1. The number of carbonyl (C=O) groups is 1. The highest BCUT2D eigenvalue weighted by molar-refractivity contribution is 5.74. The van der Waals surface area contributed by atoms with E-state index in [-0.39, 0.29) is 12.1 Å². The predicted molar refractivity (Wildman–Crippen MR) is 89.4 cm³/mol. The van der Waals surface area contributed by atoms with Gasteiger partial charge in [-0.05, 0) is 26.0 Å². The number of aryl methyl sites for hydroxylation is 2. The molecule has 0 spiro atoms. The summed E-state index contributed by atoms with van der Waals surface area (Å²) in [4.78, 5) is 18.6. The van der Waals surface area contributed by atoms with E-state index in [1.165, 1.54) is 0 Å². The molecule has 0 aliphatic carbocycles. The summed E-state index contributed by atoms with van der Waals surface area (Å²) in [5.74, 6) is 0. The molecular weight excluding hydrogens is 306 g/mol. The van der Waals surface area contributed by atoms with Gasteiger partial charge in [-0.2, -0.15) is 5.10 Å². The zero-order valence-electron chi connectivity index (χ0n) is 14.1. The molecule has 2 aromatic rings. The molecule has 0 aromatic carbocycles. The fraction of sp³-hybridized carbons (Fsp3) is 0.471. The van der Waals surface area contributed by atoms with Crippen LogP contribution < -0.4 is 5.32 Å². The van der Waals surface area contributed by atoms with E-state index in [4.69, 9.17) is 4.74 Å². The summed E-state index contributed by atoms with van der Waals surface area (Å²) in [6.07, 6.45) is 3.66. The Bertz CT molecular complexity index is 700. The van der Waals surface area contributed by atoms with Crippen LogP contribution in [0.1, 0.15) is 30.0 Å². The van der Waals surface area contributed by atoms with Crippen LogP contribution in [0.2, 0.25) is 0 Å². The summed E-state index contributed by atoms with van der Waals surface area (Å²) in [5, 5.41) is 7.21. The number of ether oxygens (including phenoxy) is 1. The smallest absolute Gasteiger partial charge is 0.317 e. The van der Waals surface area contributed by atoms with Crippen LogP contribution in [0.5, 0.6) is 0 Å². The molecule has 3 heterocycles. The maximum Gasteiger partial charge on any atom is 0.317 e. The number of carbonyl (C=O) groups excluding carboxylic acids is 1. The number of hydrogen-bond acceptors (Lipinski definition) is 4. The van der Waals surface area contributed by atoms with E-state index >= 15 is 0 Å². The van der Waals surface area contributed by atoms with Crippen molar-refractivity contribution in [2.75, 3.05) is 19.7 Å². The minimum atomic E-state index is -0.123. The third-order valence-corrected chi connectivity index (χ3v) is 4.07. The van der Waals surface area contributed by atoms with Crippen LogP contribution in [-0.2, 0) is 17.8 Å². The number of nitrogens with one attached hydrogen (secondary N) is 1. The lowest BCUT2D eigenvalue weighted by Crippen LogP contribution is -2.47. The third-order valence-electron chi connectivity index (χ3n) is 4.07. The molecule has 0 bridgehead atoms. The van der Waals surface area contributed by atoms with Crippen molar-refractivity contribution in [3.8, 4) is 0 Å². The molecule has 1 aliphatic rings. The van der Waals surface area contributed by atoms with Crippen molar-refractivity contribution in [1.29, 1.82) is 0 Å². The van der Waals surface area contributed by atoms with E-state index < -0.39 is 0 Å². The second-order valence-electron chi connectivity index (χ2n) is 5.86. The Morgan fingerprint density at radius 1 is 1.46 bits per heavy atom. The summed E-state index contributed by atoms with van der Waals surface area (Å²) in [5.41, 5.74) is 2.81. The van der Waals surface area contributed by atoms with E-state index in [2.05, 4.69) is 15.4 Å². The second kappa shape index (κ2) is 7.44. The van der Waals surface area contributed by atoms with Gasteiger partial charge in [0.15, 0.2) is 0 Å². The van der Waals surface area contributed by atoms with Gasteiger partial charge in [-0.1, -0.05) is 6.07 Å². The van der Waals surface area contributed by atoms with Crippen molar-refractivity contribution in [2.45, 2.75) is 33.0 Å². The first-order chi connectivity index (χ1) is 11.7. The highest BCUT2D eigenvalue weighted by Crippen LogP contribution is 2.21. The number of nitrogens with zero attached hydrogens (tertiary/aromatic N) is 4. The van der Waals surface area contributed by atoms with Gasteiger partial charge in [-0.15, -0.1) is 0 Å². The average Bonchev–Trinajstić information content (AvgIpc) is 3.09. The first-order valence-corrected chi connectivity index (χ1v) is 8.25. The molecular formula is C17H23N5O2. The number of rotatable bonds is 4. The Hall–Kier alpha value is -2.41. The van der Waals surface area contributed by atoms with E-state index in [9.17, 15) is 4.79 Å². The summed E-state index contributed by atoms with van der Waals surface area (Å²) in [7, 11) is 0. The highest BCUT2D eigenvalue weighted by Gasteiger charge is 2.26. The van der Waals surface area contributed by atoms with Gasteiger partial charge in [-0.3, -0.25) is 9.67 Å². The van der Waals surface area contributed by atoms with Crippen LogP contribution in [0.25, 0.3) is 0 Å². The minimum Gasteiger partial charge on any atom is -0.370 e. The molecule has 3 rings (SSSR count). The fourth-order valence-electron chi connectivity index (χ4n) is 2.73. The lowest BCUT2D eigenvalue weighted by Gasteiger charge is -2.32. The number of amides is 2. The summed E-state index contributed by atoms with van der Waals surface area (Å²) >= 11 is 0. The predicted octanol–water partition coefficient (Wildman–Crippen LogP) is 1.89. The largest absolute Gasteiger partial charge is 0.370 e. The molecule has 1 N–H and O–H groups in total. The molecule has 24 heavy (non-hydrogen) atoms. The average molecular weight is 329 g/mol. The number of aromatic nitrogens is 3. The molecule has 1 saturated heterocycles. The van der Waals surface area contributed by atoms with Gasteiger partial charge in [0.25, 0.3) is 0 Å². The van der Waals surface area contributed by atoms with Crippen molar-refractivity contribution in [3.05, 3.63) is 47.5 Å². The van der Waals surface area contributed by atoms with Crippen LogP contribution in [0.4, 0.5) is 4.79 Å². The van der Waals surface area contributed by atoms with Gasteiger partial charge in [-0.25, -0.2) is 4.79 Å². The molecule has 0 saturated carbocycles. The van der Waals surface area contributed by atoms with E-state index in [1.807, 2.05) is 49.1 Å². The first kappa shape index (κ1) is 16.4. The standard InChI is InChI=1S/C17H23N5O2/c1-3-22-11-14(9-19-22)16-12-21(7-8-24-16)17(23)18-10-15-6-4-5-13(2)20-15/h4-6,9,11,16H,3,7-8,10,12H2,1-2H3,(H,18,23)/t16-/m0/s1. The zero-order valence-corrected chi connectivity index (χ0v) is 14.1. The van der Waals surface area contributed by atoms with Gasteiger partial charge >= 0.3 is 6.03 Å². The van der Waals surface area contributed by atoms with Crippen LogP contribution in [0.3, 0.4) is 0 Å². The normalized spacial score (nSPS) is 17.8. The molecule has 128 valence electrons. The summed E-state index contributed by atoms with van der Waals surface area (Å²) < 4.78 is 7.66. The summed E-state index contributed by atoms with van der Waals surface area (Å²) in [6, 6.07) is 5.71. The van der Waals surface area contributed by atoms with Crippen LogP contribution in [0, 0.1) is 6.92 Å². The summed E-state index contributed by atoms with van der Waals surface area (Å²) in [6.45, 7) is 6.87. The molecule has 7 nitrogen and oxygen atoms in total. The van der Waals surface area contributed by atoms with Gasteiger partial charge in [0.05, 0.1) is 31.6 Å². The third kappa shape index (κ3) is 3.91.